The second kappa shape index (κ2) is 12.9. The molecule has 0 aliphatic carbocycles. The van der Waals surface area contributed by atoms with Crippen molar-refractivity contribution in [3.63, 3.8) is 0 Å². The van der Waals surface area contributed by atoms with Crippen LogP contribution in [-0.2, 0) is 23.2 Å². The van der Waals surface area contributed by atoms with E-state index in [0.717, 1.165) is 29.8 Å². The van der Waals surface area contributed by atoms with Crippen LogP contribution in [0.1, 0.15) is 22.3 Å². The number of nitrogens with one attached hydrogen (secondary N) is 1. The van der Waals surface area contributed by atoms with Crippen molar-refractivity contribution in [1.82, 2.24) is 5.32 Å². The Kier molecular flexibility index (Phi) is 9.29. The molecule has 11 heteroatoms. The summed E-state index contributed by atoms with van der Waals surface area (Å²) in [5, 5.41) is 2.66. The predicted molar refractivity (Wildman–Crippen MR) is 142 cm³/mol. The smallest absolute Gasteiger partial charge is 0.445 e. The Morgan fingerprint density at radius 1 is 0.619 bits per heavy atom. The van der Waals surface area contributed by atoms with Gasteiger partial charge in [0.1, 0.15) is 18.1 Å². The van der Waals surface area contributed by atoms with Crippen molar-refractivity contribution >= 4 is 6.09 Å². The first-order valence-electron chi connectivity index (χ1n) is 12.6. The van der Waals surface area contributed by atoms with Crippen LogP contribution in [0.5, 0.6) is 11.5 Å². The number of benzene rings is 4. The average Bonchev–Trinajstić information content (AvgIpc) is 2.94. The number of alkyl halides is 6. The molecule has 4 aromatic carbocycles. The molecule has 0 bridgehead atoms. The van der Waals surface area contributed by atoms with E-state index in [1.54, 1.807) is 60.7 Å². The number of hydrogen-bond acceptors (Lipinski definition) is 4. The fraction of sp³-hybridized carbons (Fsp3) is 0.194. The van der Waals surface area contributed by atoms with E-state index in [4.69, 9.17) is 4.74 Å². The quantitative estimate of drug-likeness (QED) is 0.191. The van der Waals surface area contributed by atoms with Crippen LogP contribution in [0.4, 0.5) is 31.1 Å². The highest BCUT2D eigenvalue weighted by Crippen LogP contribution is 2.40. The molecular weight excluding hydrogens is 564 g/mol. The first-order chi connectivity index (χ1) is 19.9. The zero-order valence-electron chi connectivity index (χ0n) is 21.9. The number of hydrogen-bond donors (Lipinski definition) is 1. The van der Waals surface area contributed by atoms with Crippen molar-refractivity contribution < 1.29 is 45.3 Å². The summed E-state index contributed by atoms with van der Waals surface area (Å²) in [4.78, 5) is 12.8. The molecular formula is C31H25F6NO4. The third-order valence-corrected chi connectivity index (χ3v) is 6.34. The van der Waals surface area contributed by atoms with Crippen molar-refractivity contribution in [2.45, 2.75) is 31.2 Å². The summed E-state index contributed by atoms with van der Waals surface area (Å²) in [6.45, 7) is -0.317. The summed E-state index contributed by atoms with van der Waals surface area (Å²) in [5.41, 5.74) is 0.489. The first-order valence-corrected chi connectivity index (χ1v) is 12.6. The second-order valence-corrected chi connectivity index (χ2v) is 9.31. The number of amides is 1. The third-order valence-electron chi connectivity index (χ3n) is 6.34. The zero-order valence-corrected chi connectivity index (χ0v) is 21.9. The molecule has 0 aromatic heterocycles. The minimum Gasteiger partial charge on any atom is -0.445 e. The Morgan fingerprint density at radius 2 is 1.10 bits per heavy atom. The van der Waals surface area contributed by atoms with E-state index in [-0.39, 0.29) is 30.7 Å². The molecule has 0 fully saturated rings. The van der Waals surface area contributed by atoms with Crippen LogP contribution >= 0.6 is 0 Å². The molecule has 0 heterocycles. The number of alkyl carbamates (subject to hydrolysis) is 1. The van der Waals surface area contributed by atoms with Gasteiger partial charge in [-0.25, -0.2) is 4.79 Å². The van der Waals surface area contributed by atoms with Crippen molar-refractivity contribution in [3.8, 4) is 11.5 Å². The van der Waals surface area contributed by atoms with Gasteiger partial charge in [0.05, 0.1) is 0 Å². The van der Waals surface area contributed by atoms with E-state index >= 15 is 0 Å². The molecule has 0 radical (unpaired) electrons. The van der Waals surface area contributed by atoms with Gasteiger partial charge in [0.15, 0.2) is 0 Å². The highest BCUT2D eigenvalue weighted by Gasteiger charge is 2.38. The van der Waals surface area contributed by atoms with Crippen LogP contribution in [-0.4, -0.2) is 25.4 Å². The number of halogens is 6. The first kappa shape index (κ1) is 30.3. The SMILES string of the molecule is O=C(NCC(Cc1ccccc1)(c1cccc(OC(F)(F)F)c1)c1cccc(OC(F)(F)F)c1)OCc1ccccc1. The molecule has 220 valence electrons. The van der Waals surface area contributed by atoms with Gasteiger partial charge in [-0.3, -0.25) is 0 Å². The molecule has 0 saturated carbocycles. The molecule has 0 spiro atoms. The number of carbonyl (C=O) groups is 1. The van der Waals surface area contributed by atoms with Crippen molar-refractivity contribution in [3.05, 3.63) is 131 Å². The van der Waals surface area contributed by atoms with Gasteiger partial charge in [-0.1, -0.05) is 84.9 Å². The third kappa shape index (κ3) is 8.66. The number of carbonyl (C=O) groups excluding carboxylic acids is 1. The highest BCUT2D eigenvalue weighted by atomic mass is 19.4. The second-order valence-electron chi connectivity index (χ2n) is 9.31. The highest BCUT2D eigenvalue weighted by molar-refractivity contribution is 5.68. The number of rotatable bonds is 10. The molecule has 4 rings (SSSR count). The minimum absolute atomic E-state index is 0.0534. The van der Waals surface area contributed by atoms with Crippen molar-refractivity contribution in [2.24, 2.45) is 0 Å². The maximum Gasteiger partial charge on any atom is 0.573 e. The van der Waals surface area contributed by atoms with Gasteiger partial charge in [0, 0.05) is 12.0 Å². The average molecular weight is 590 g/mol. The van der Waals surface area contributed by atoms with Gasteiger partial charge in [0.25, 0.3) is 0 Å². The van der Waals surface area contributed by atoms with Crippen LogP contribution in [0.15, 0.2) is 109 Å². The molecule has 1 N–H and O–H groups in total. The van der Waals surface area contributed by atoms with E-state index in [0.29, 0.717) is 5.56 Å². The van der Waals surface area contributed by atoms with Gasteiger partial charge in [-0.2, -0.15) is 0 Å². The van der Waals surface area contributed by atoms with Crippen molar-refractivity contribution in [1.29, 1.82) is 0 Å². The maximum atomic E-state index is 13.1. The molecule has 0 saturated heterocycles. The fourth-order valence-electron chi connectivity index (χ4n) is 4.56. The number of ether oxygens (including phenoxy) is 3. The molecule has 0 aliphatic rings. The van der Waals surface area contributed by atoms with Gasteiger partial charge < -0.3 is 19.5 Å². The van der Waals surface area contributed by atoms with E-state index in [9.17, 15) is 31.1 Å². The lowest BCUT2D eigenvalue weighted by Gasteiger charge is -2.36. The van der Waals surface area contributed by atoms with E-state index < -0.39 is 35.7 Å². The standard InChI is InChI=1S/C31H25F6NO4/c32-30(33,34)41-26-15-7-13-24(17-26)29(19-22-9-3-1-4-10-22,25-14-8-16-27(18-25)42-31(35,36)37)21-38-28(39)40-20-23-11-5-2-6-12-23/h1-18H,19-21H2,(H,38,39). The normalized spacial score (nSPS) is 12.0. The van der Waals surface area contributed by atoms with Crippen molar-refractivity contribution in [2.75, 3.05) is 6.54 Å². The molecule has 4 aromatic rings. The summed E-state index contributed by atoms with van der Waals surface area (Å²) < 4.78 is 92.3. The van der Waals surface area contributed by atoms with E-state index in [1.807, 2.05) is 0 Å². The monoisotopic (exact) mass is 589 g/mol. The topological polar surface area (TPSA) is 56.8 Å². The Balaban J connectivity index is 1.78. The van der Waals surface area contributed by atoms with E-state index in [1.165, 1.54) is 24.3 Å². The molecule has 1 amide bonds. The Hall–Kier alpha value is -4.67. The summed E-state index contributed by atoms with van der Waals surface area (Å²) >= 11 is 0. The zero-order chi connectivity index (χ0) is 30.2. The Bertz CT molecular complexity index is 1400. The molecule has 0 unspecified atom stereocenters. The lowest BCUT2D eigenvalue weighted by molar-refractivity contribution is -0.275. The summed E-state index contributed by atoms with van der Waals surface area (Å²) in [6.07, 6.45) is -10.7. The summed E-state index contributed by atoms with van der Waals surface area (Å²) in [5.74, 6) is -1.07. The van der Waals surface area contributed by atoms with Gasteiger partial charge >= 0.3 is 18.8 Å². The van der Waals surface area contributed by atoms with Crippen LogP contribution < -0.4 is 14.8 Å². The molecule has 0 aliphatic heterocycles. The molecule has 42 heavy (non-hydrogen) atoms. The fourth-order valence-corrected chi connectivity index (χ4v) is 4.56. The van der Waals surface area contributed by atoms with Gasteiger partial charge in [0.2, 0.25) is 0 Å². The largest absolute Gasteiger partial charge is 0.573 e. The molecule has 0 atom stereocenters. The predicted octanol–water partition coefficient (Wildman–Crippen LogP) is 7.94. The molecule has 5 nitrogen and oxygen atoms in total. The minimum atomic E-state index is -4.99. The van der Waals surface area contributed by atoms with Crippen LogP contribution in [0.25, 0.3) is 0 Å². The van der Waals surface area contributed by atoms with Crippen LogP contribution in [0.2, 0.25) is 0 Å². The lowest BCUT2D eigenvalue weighted by Crippen LogP contribution is -2.43. The summed E-state index contributed by atoms with van der Waals surface area (Å²) in [6, 6.07) is 27.8. The van der Waals surface area contributed by atoms with Crippen LogP contribution in [0.3, 0.4) is 0 Å². The Morgan fingerprint density at radius 3 is 1.57 bits per heavy atom. The Labute approximate surface area is 237 Å². The summed E-state index contributed by atoms with van der Waals surface area (Å²) in [7, 11) is 0. The van der Waals surface area contributed by atoms with Crippen LogP contribution in [0, 0.1) is 0 Å². The lowest BCUT2D eigenvalue weighted by atomic mass is 9.70. The van der Waals surface area contributed by atoms with E-state index in [2.05, 4.69) is 14.8 Å². The van der Waals surface area contributed by atoms with Gasteiger partial charge in [-0.15, -0.1) is 26.3 Å². The maximum absolute atomic E-state index is 13.1. The van der Waals surface area contributed by atoms with Gasteiger partial charge in [-0.05, 0) is 52.9 Å².